The van der Waals surface area contributed by atoms with Gasteiger partial charge in [0.25, 0.3) is 0 Å². The molecule has 1 N–H and O–H groups in total. The van der Waals surface area contributed by atoms with Crippen LogP contribution in [-0.2, 0) is 11.3 Å². The molecule has 0 radical (unpaired) electrons. The molecule has 1 amide bonds. The normalized spacial score (nSPS) is 14.9. The van der Waals surface area contributed by atoms with E-state index in [4.69, 9.17) is 4.98 Å². The van der Waals surface area contributed by atoms with E-state index in [-0.39, 0.29) is 17.8 Å². The molecule has 1 unspecified atom stereocenters. The number of para-hydroxylation sites is 2. The Morgan fingerprint density at radius 3 is 2.74 bits per heavy atom. The van der Waals surface area contributed by atoms with E-state index >= 15 is 0 Å². The summed E-state index contributed by atoms with van der Waals surface area (Å²) in [5.41, 5.74) is 2.64. The number of thioether (sulfide) groups is 1. The van der Waals surface area contributed by atoms with Crippen LogP contribution in [0.1, 0.15) is 23.7 Å². The van der Waals surface area contributed by atoms with Crippen LogP contribution in [-0.4, -0.2) is 21.5 Å². The zero-order valence-electron chi connectivity index (χ0n) is 14.8. The molecule has 4 nitrogen and oxygen atoms in total. The Labute approximate surface area is 161 Å². The summed E-state index contributed by atoms with van der Waals surface area (Å²) in [6, 6.07) is 14.2. The largest absolute Gasteiger partial charge is 0.352 e. The summed E-state index contributed by atoms with van der Waals surface area (Å²) >= 11 is 1.39. The quantitative estimate of drug-likeness (QED) is 0.485. The third-order valence-electron chi connectivity index (χ3n) is 4.49. The molecular weight excluding hydrogens is 361 g/mol. The smallest absolute Gasteiger partial charge is 0.238 e. The van der Waals surface area contributed by atoms with Gasteiger partial charge in [-0.05, 0) is 42.7 Å². The van der Waals surface area contributed by atoms with Gasteiger partial charge in [0.2, 0.25) is 5.91 Å². The Morgan fingerprint density at radius 2 is 2.04 bits per heavy atom. The number of imidazole rings is 1. The highest BCUT2D eigenvalue weighted by molar-refractivity contribution is 8.00. The van der Waals surface area contributed by atoms with Crippen LogP contribution in [0.5, 0.6) is 0 Å². The number of nitrogens with one attached hydrogen (secondary N) is 1. The van der Waals surface area contributed by atoms with Crippen molar-refractivity contribution in [2.24, 2.45) is 0 Å². The van der Waals surface area contributed by atoms with Gasteiger partial charge in [0.15, 0.2) is 5.16 Å². The minimum absolute atomic E-state index is 0.0636. The minimum Gasteiger partial charge on any atom is -0.352 e. The summed E-state index contributed by atoms with van der Waals surface area (Å²) in [5.74, 6) is -0.379. The number of allylic oxidation sites excluding steroid dienone is 1. The monoisotopic (exact) mass is 381 g/mol. The number of hydrogen-bond donors (Lipinski definition) is 1. The van der Waals surface area contributed by atoms with Gasteiger partial charge in [-0.15, -0.1) is 6.58 Å². The second kappa shape index (κ2) is 7.56. The zero-order chi connectivity index (χ0) is 18.8. The highest BCUT2D eigenvalue weighted by atomic mass is 32.2. The zero-order valence-corrected chi connectivity index (χ0v) is 15.6. The molecule has 1 aliphatic rings. The summed E-state index contributed by atoms with van der Waals surface area (Å²) in [6.45, 7) is 4.43. The average molecular weight is 381 g/mol. The number of carbonyl (C=O) groups excluding carboxylic acids is 1. The topological polar surface area (TPSA) is 46.9 Å². The fourth-order valence-corrected chi connectivity index (χ4v) is 4.10. The number of aromatic nitrogens is 2. The van der Waals surface area contributed by atoms with Crippen LogP contribution in [0.25, 0.3) is 11.0 Å². The van der Waals surface area contributed by atoms with Crippen LogP contribution in [0.3, 0.4) is 0 Å². The molecule has 1 heterocycles. The molecule has 0 aliphatic heterocycles. The highest BCUT2D eigenvalue weighted by Crippen LogP contribution is 2.37. The molecule has 2 aromatic carbocycles. The molecule has 1 saturated carbocycles. The van der Waals surface area contributed by atoms with Crippen molar-refractivity contribution in [3.8, 4) is 0 Å². The molecule has 0 saturated heterocycles. The summed E-state index contributed by atoms with van der Waals surface area (Å²) in [6.07, 6.45) is 3.85. The van der Waals surface area contributed by atoms with Gasteiger partial charge < -0.3 is 9.88 Å². The van der Waals surface area contributed by atoms with E-state index in [1.807, 2.05) is 34.9 Å². The molecule has 0 spiro atoms. The lowest BCUT2D eigenvalue weighted by atomic mass is 10.1. The van der Waals surface area contributed by atoms with Gasteiger partial charge in [-0.2, -0.15) is 0 Å². The van der Waals surface area contributed by atoms with Crippen molar-refractivity contribution in [3.05, 3.63) is 72.6 Å². The molecule has 4 rings (SSSR count). The summed E-state index contributed by atoms with van der Waals surface area (Å²) in [4.78, 5) is 17.6. The minimum atomic E-state index is -0.494. The number of rotatable bonds is 7. The lowest BCUT2D eigenvalue weighted by Crippen LogP contribution is -2.30. The van der Waals surface area contributed by atoms with Crippen molar-refractivity contribution in [1.82, 2.24) is 14.9 Å². The molecule has 3 aromatic rings. The third kappa shape index (κ3) is 3.90. The molecule has 27 heavy (non-hydrogen) atoms. The standard InChI is InChI=1S/C21H20FN3OS/c1-2-13-25-18-6-4-3-5-17(18)24-21(25)27-19(20(26)23-16-11-12-16)14-7-9-15(22)10-8-14/h2-10,16,19H,1,11-13H2,(H,23,26). The molecule has 138 valence electrons. The van der Waals surface area contributed by atoms with Gasteiger partial charge in [0, 0.05) is 12.6 Å². The molecule has 6 heteroatoms. The van der Waals surface area contributed by atoms with Crippen LogP contribution in [0.15, 0.2) is 66.3 Å². The summed E-state index contributed by atoms with van der Waals surface area (Å²) < 4.78 is 15.4. The fraction of sp³-hybridized carbons (Fsp3) is 0.238. The van der Waals surface area contributed by atoms with Crippen LogP contribution < -0.4 is 5.32 Å². The first kappa shape index (κ1) is 17.8. The van der Waals surface area contributed by atoms with Crippen molar-refractivity contribution in [1.29, 1.82) is 0 Å². The third-order valence-corrected chi connectivity index (χ3v) is 5.73. The maximum absolute atomic E-state index is 13.4. The van der Waals surface area contributed by atoms with E-state index < -0.39 is 5.25 Å². The van der Waals surface area contributed by atoms with Crippen molar-refractivity contribution in [2.75, 3.05) is 0 Å². The number of hydrogen-bond acceptors (Lipinski definition) is 3. The van der Waals surface area contributed by atoms with Gasteiger partial charge in [0.05, 0.1) is 11.0 Å². The second-order valence-corrected chi connectivity index (χ2v) is 7.69. The van der Waals surface area contributed by atoms with E-state index in [2.05, 4.69) is 11.9 Å². The van der Waals surface area contributed by atoms with Crippen molar-refractivity contribution in [2.45, 2.75) is 35.8 Å². The lowest BCUT2D eigenvalue weighted by Gasteiger charge is -2.17. The lowest BCUT2D eigenvalue weighted by molar-refractivity contribution is -0.120. The fourth-order valence-electron chi connectivity index (χ4n) is 2.97. The molecule has 1 aromatic heterocycles. The first-order valence-electron chi connectivity index (χ1n) is 8.94. The average Bonchev–Trinajstić information content (AvgIpc) is 3.42. The number of carbonyl (C=O) groups is 1. The Hall–Kier alpha value is -2.60. The molecule has 1 fully saturated rings. The number of nitrogens with zero attached hydrogens (tertiary/aromatic N) is 2. The maximum atomic E-state index is 13.4. The van der Waals surface area contributed by atoms with Gasteiger partial charge in [-0.25, -0.2) is 9.37 Å². The van der Waals surface area contributed by atoms with Crippen molar-refractivity contribution in [3.63, 3.8) is 0 Å². The molecular formula is C21H20FN3OS. The number of fused-ring (bicyclic) bond motifs is 1. The van der Waals surface area contributed by atoms with E-state index in [1.54, 1.807) is 12.1 Å². The SMILES string of the molecule is C=CCn1c(SC(C(=O)NC2CC2)c2ccc(F)cc2)nc2ccccc21. The summed E-state index contributed by atoms with van der Waals surface area (Å²) in [7, 11) is 0. The number of halogens is 1. The van der Waals surface area contributed by atoms with Gasteiger partial charge in [0.1, 0.15) is 11.1 Å². The molecule has 1 aliphatic carbocycles. The second-order valence-electron chi connectivity index (χ2n) is 6.61. The van der Waals surface area contributed by atoms with E-state index in [1.165, 1.54) is 23.9 Å². The van der Waals surface area contributed by atoms with E-state index in [9.17, 15) is 9.18 Å². The Balaban J connectivity index is 1.71. The van der Waals surface area contributed by atoms with Gasteiger partial charge in [-0.1, -0.05) is 42.1 Å². The summed E-state index contributed by atoms with van der Waals surface area (Å²) in [5, 5.41) is 3.31. The molecule has 1 atom stereocenters. The first-order chi connectivity index (χ1) is 13.2. The highest BCUT2D eigenvalue weighted by Gasteiger charge is 2.30. The van der Waals surface area contributed by atoms with Gasteiger partial charge in [-0.3, -0.25) is 4.79 Å². The predicted octanol–water partition coefficient (Wildman–Crippen LogP) is 4.47. The van der Waals surface area contributed by atoms with Crippen molar-refractivity contribution < 1.29 is 9.18 Å². The van der Waals surface area contributed by atoms with Gasteiger partial charge >= 0.3 is 0 Å². The first-order valence-corrected chi connectivity index (χ1v) is 9.82. The van der Waals surface area contributed by atoms with E-state index in [0.29, 0.717) is 6.54 Å². The predicted molar refractivity (Wildman–Crippen MR) is 106 cm³/mol. The van der Waals surface area contributed by atoms with Crippen LogP contribution in [0.4, 0.5) is 4.39 Å². The Kier molecular flexibility index (Phi) is 4.99. The number of amides is 1. The maximum Gasteiger partial charge on any atom is 0.238 e. The van der Waals surface area contributed by atoms with Crippen LogP contribution >= 0.6 is 11.8 Å². The number of benzene rings is 2. The van der Waals surface area contributed by atoms with E-state index in [0.717, 1.165) is 34.6 Å². The Morgan fingerprint density at radius 1 is 1.30 bits per heavy atom. The Bertz CT molecular complexity index is 979. The van der Waals surface area contributed by atoms with Crippen LogP contribution in [0.2, 0.25) is 0 Å². The van der Waals surface area contributed by atoms with Crippen LogP contribution in [0, 0.1) is 5.82 Å². The molecule has 0 bridgehead atoms. The van der Waals surface area contributed by atoms with Crippen molar-refractivity contribution >= 4 is 28.7 Å².